The predicted octanol–water partition coefficient (Wildman–Crippen LogP) is 4.44. The first kappa shape index (κ1) is 17.6. The minimum Gasteiger partial charge on any atom is -0.497 e. The Morgan fingerprint density at radius 2 is 1.76 bits per heavy atom. The van der Waals surface area contributed by atoms with Crippen LogP contribution in [0.4, 0.5) is 11.4 Å². The summed E-state index contributed by atoms with van der Waals surface area (Å²) in [5.74, 6) is -0.712. The standard InChI is InChI=1S/C17H11Cl3N2O3/c1-25-11-4-2-3-10(8-11)21-15-14(20)16(23)22(17(15)24)13-7-9(18)5-6-12(13)19/h2-8,21H,1H3. The summed E-state index contributed by atoms with van der Waals surface area (Å²) in [6.07, 6.45) is 0. The van der Waals surface area contributed by atoms with Gasteiger partial charge in [0.05, 0.1) is 17.8 Å². The number of methoxy groups -OCH3 is 1. The number of nitrogens with zero attached hydrogens (tertiary/aromatic N) is 1. The third kappa shape index (κ3) is 3.31. The fourth-order valence-electron chi connectivity index (χ4n) is 2.33. The van der Waals surface area contributed by atoms with E-state index in [1.807, 2.05) is 0 Å². The van der Waals surface area contributed by atoms with Crippen LogP contribution in [0, 0.1) is 0 Å². The van der Waals surface area contributed by atoms with Crippen LogP contribution in [0.5, 0.6) is 5.75 Å². The van der Waals surface area contributed by atoms with Gasteiger partial charge in [-0.3, -0.25) is 9.59 Å². The van der Waals surface area contributed by atoms with Gasteiger partial charge in [0.2, 0.25) is 0 Å². The second kappa shape index (κ2) is 6.96. The lowest BCUT2D eigenvalue weighted by Crippen LogP contribution is -2.32. The maximum Gasteiger partial charge on any atom is 0.283 e. The van der Waals surface area contributed by atoms with Gasteiger partial charge in [-0.1, -0.05) is 40.9 Å². The number of anilines is 2. The van der Waals surface area contributed by atoms with Gasteiger partial charge in [-0.05, 0) is 30.3 Å². The smallest absolute Gasteiger partial charge is 0.283 e. The molecule has 3 rings (SSSR count). The lowest BCUT2D eigenvalue weighted by atomic mass is 10.2. The molecule has 0 aromatic heterocycles. The van der Waals surface area contributed by atoms with Crippen molar-refractivity contribution in [1.82, 2.24) is 0 Å². The normalized spacial score (nSPS) is 14.3. The maximum atomic E-state index is 12.7. The summed E-state index contributed by atoms with van der Waals surface area (Å²) < 4.78 is 5.13. The topological polar surface area (TPSA) is 58.6 Å². The fraction of sp³-hybridized carbons (Fsp3) is 0.0588. The first-order valence-electron chi connectivity index (χ1n) is 7.07. The van der Waals surface area contributed by atoms with Crippen molar-refractivity contribution in [3.63, 3.8) is 0 Å². The van der Waals surface area contributed by atoms with Crippen molar-refractivity contribution in [3.05, 3.63) is 63.2 Å². The van der Waals surface area contributed by atoms with Crippen LogP contribution in [-0.2, 0) is 9.59 Å². The summed E-state index contributed by atoms with van der Waals surface area (Å²) in [5, 5.41) is 3.17. The lowest BCUT2D eigenvalue weighted by molar-refractivity contribution is -0.120. The van der Waals surface area contributed by atoms with Crippen molar-refractivity contribution in [3.8, 4) is 5.75 Å². The van der Waals surface area contributed by atoms with Crippen LogP contribution in [0.2, 0.25) is 10.0 Å². The Balaban J connectivity index is 1.95. The van der Waals surface area contributed by atoms with Gasteiger partial charge in [0.25, 0.3) is 11.8 Å². The van der Waals surface area contributed by atoms with Crippen LogP contribution >= 0.6 is 34.8 Å². The molecule has 25 heavy (non-hydrogen) atoms. The Morgan fingerprint density at radius 3 is 2.48 bits per heavy atom. The number of halogens is 3. The van der Waals surface area contributed by atoms with Crippen molar-refractivity contribution in [2.45, 2.75) is 0 Å². The number of imide groups is 1. The SMILES string of the molecule is COc1cccc(NC2=C(Cl)C(=O)N(c3cc(Cl)ccc3Cl)C2=O)c1. The summed E-state index contributed by atoms with van der Waals surface area (Å²) >= 11 is 18.1. The van der Waals surface area contributed by atoms with Crippen molar-refractivity contribution >= 4 is 58.0 Å². The molecule has 1 heterocycles. The Bertz CT molecular complexity index is 912. The van der Waals surface area contributed by atoms with Gasteiger partial charge in [-0.15, -0.1) is 0 Å². The average molecular weight is 398 g/mol. The molecule has 0 saturated carbocycles. The summed E-state index contributed by atoms with van der Waals surface area (Å²) in [5.41, 5.74) is 0.674. The van der Waals surface area contributed by atoms with Gasteiger partial charge in [0, 0.05) is 16.8 Å². The monoisotopic (exact) mass is 396 g/mol. The number of hydrogen-bond acceptors (Lipinski definition) is 4. The summed E-state index contributed by atoms with van der Waals surface area (Å²) in [6, 6.07) is 11.4. The van der Waals surface area contributed by atoms with E-state index in [0.717, 1.165) is 4.90 Å². The number of ether oxygens (including phenoxy) is 1. The Morgan fingerprint density at radius 1 is 1.00 bits per heavy atom. The molecule has 1 aliphatic rings. The van der Waals surface area contributed by atoms with Crippen LogP contribution in [-0.4, -0.2) is 18.9 Å². The number of rotatable bonds is 4. The number of benzene rings is 2. The Hall–Kier alpha value is -2.21. The minimum atomic E-state index is -0.679. The quantitative estimate of drug-likeness (QED) is 0.775. The molecule has 8 heteroatoms. The van der Waals surface area contributed by atoms with Gasteiger partial charge in [0.1, 0.15) is 16.5 Å². The highest BCUT2D eigenvalue weighted by atomic mass is 35.5. The molecule has 0 saturated heterocycles. The van der Waals surface area contributed by atoms with Gasteiger partial charge >= 0.3 is 0 Å². The molecule has 0 fully saturated rings. The van der Waals surface area contributed by atoms with Crippen LogP contribution in [0.15, 0.2) is 53.2 Å². The molecule has 5 nitrogen and oxygen atoms in total. The highest BCUT2D eigenvalue weighted by Gasteiger charge is 2.39. The zero-order chi connectivity index (χ0) is 18.1. The van der Waals surface area contributed by atoms with E-state index in [1.54, 1.807) is 30.3 Å². The molecule has 1 N–H and O–H groups in total. The predicted molar refractivity (Wildman–Crippen MR) is 98.5 cm³/mol. The summed E-state index contributed by atoms with van der Waals surface area (Å²) in [6.45, 7) is 0. The molecule has 0 spiro atoms. The first-order chi connectivity index (χ1) is 11.9. The highest BCUT2D eigenvalue weighted by molar-refractivity contribution is 6.54. The average Bonchev–Trinajstić information content (AvgIpc) is 2.81. The van der Waals surface area contributed by atoms with Gasteiger partial charge < -0.3 is 10.1 Å². The van der Waals surface area contributed by atoms with Crippen molar-refractivity contribution in [2.24, 2.45) is 0 Å². The maximum absolute atomic E-state index is 12.7. The number of amides is 2. The molecule has 1 aliphatic heterocycles. The van der Waals surface area contributed by atoms with E-state index in [-0.39, 0.29) is 21.4 Å². The second-order valence-corrected chi connectivity index (χ2v) is 6.31. The minimum absolute atomic E-state index is 0.0454. The van der Waals surface area contributed by atoms with E-state index >= 15 is 0 Å². The molecule has 2 aromatic rings. The molecular formula is C17H11Cl3N2O3. The number of nitrogens with one attached hydrogen (secondary N) is 1. The van der Waals surface area contributed by atoms with E-state index in [4.69, 9.17) is 39.5 Å². The highest BCUT2D eigenvalue weighted by Crippen LogP contribution is 2.36. The van der Waals surface area contributed by atoms with Crippen molar-refractivity contribution in [1.29, 1.82) is 0 Å². The third-order valence-electron chi connectivity index (χ3n) is 3.52. The van der Waals surface area contributed by atoms with Crippen LogP contribution in [0.1, 0.15) is 0 Å². The zero-order valence-electron chi connectivity index (χ0n) is 12.8. The number of carbonyl (C=O) groups is 2. The van der Waals surface area contributed by atoms with Crippen molar-refractivity contribution < 1.29 is 14.3 Å². The Kier molecular flexibility index (Phi) is 4.90. The molecule has 128 valence electrons. The second-order valence-electron chi connectivity index (χ2n) is 5.09. The fourth-order valence-corrected chi connectivity index (χ4v) is 2.91. The van der Waals surface area contributed by atoms with Crippen LogP contribution in [0.3, 0.4) is 0 Å². The van der Waals surface area contributed by atoms with Crippen LogP contribution < -0.4 is 15.0 Å². The number of carbonyl (C=O) groups excluding carboxylic acids is 2. The number of hydrogen-bond donors (Lipinski definition) is 1. The summed E-state index contributed by atoms with van der Waals surface area (Å²) in [4.78, 5) is 26.1. The molecule has 0 bridgehead atoms. The lowest BCUT2D eigenvalue weighted by Gasteiger charge is -2.17. The largest absolute Gasteiger partial charge is 0.497 e. The van der Waals surface area contributed by atoms with Gasteiger partial charge in [-0.25, -0.2) is 4.90 Å². The molecule has 2 aromatic carbocycles. The molecule has 2 amide bonds. The van der Waals surface area contributed by atoms with Crippen LogP contribution in [0.25, 0.3) is 0 Å². The van der Waals surface area contributed by atoms with E-state index in [1.165, 1.54) is 19.2 Å². The van der Waals surface area contributed by atoms with Gasteiger partial charge in [0.15, 0.2) is 0 Å². The van der Waals surface area contributed by atoms with Gasteiger partial charge in [-0.2, -0.15) is 0 Å². The Labute approximate surface area is 158 Å². The molecule has 0 aliphatic carbocycles. The van der Waals surface area contributed by atoms with E-state index in [0.29, 0.717) is 16.5 Å². The zero-order valence-corrected chi connectivity index (χ0v) is 15.1. The molecular weight excluding hydrogens is 387 g/mol. The van der Waals surface area contributed by atoms with Crippen molar-refractivity contribution in [2.75, 3.05) is 17.3 Å². The molecule has 0 atom stereocenters. The van der Waals surface area contributed by atoms with E-state index in [2.05, 4.69) is 5.32 Å². The third-order valence-corrected chi connectivity index (χ3v) is 4.42. The molecule has 0 radical (unpaired) electrons. The van der Waals surface area contributed by atoms with E-state index in [9.17, 15) is 9.59 Å². The first-order valence-corrected chi connectivity index (χ1v) is 8.20. The molecule has 0 unspecified atom stereocenters. The summed E-state index contributed by atoms with van der Waals surface area (Å²) in [7, 11) is 1.53. The van der Waals surface area contributed by atoms with E-state index < -0.39 is 11.8 Å².